The smallest absolute Gasteiger partial charge is 0.343 e. The quantitative estimate of drug-likeness (QED) is 0.0178. The second-order valence-electron chi connectivity index (χ2n) is 19.0. The first kappa shape index (κ1) is 56.7. The molecule has 1 saturated heterocycles. The highest BCUT2D eigenvalue weighted by molar-refractivity contribution is 8.78. The number of esters is 1. The SMILES string of the molecule is CC(C)O[C@H]1[C@H](O[C@@H]2OC=C3C(=O)O[C@@H]4CC[C@H](CO)[C@@H]4CSS[C@H]4[C@@H](C[C@H]5CCN=C(N)N5)SSC/C=C/[C@@H]2[C@@H]3/C=C/C2=C(NC(N)=NCCCO)C(C(=O)O)=C[NH+](C2)[C@H]4CO)O[C@H](CO)[C@@H](O)C1(O)O. The summed E-state index contributed by atoms with van der Waals surface area (Å²) >= 11 is 0. The molecule has 72 heavy (non-hydrogen) atoms. The first-order valence-electron chi connectivity index (χ1n) is 24.3. The molecule has 4 bridgehead atoms. The van der Waals surface area contributed by atoms with Crippen molar-refractivity contribution >= 4 is 67.0 Å². The van der Waals surface area contributed by atoms with Crippen molar-refractivity contribution < 1.29 is 79.0 Å². The fraction of sp³-hybridized carbons (Fsp3) is 0.696. The zero-order valence-electron chi connectivity index (χ0n) is 40.1. The Hall–Kier alpha value is -3.06. The lowest BCUT2D eigenvalue weighted by atomic mass is 9.82. The number of carboxylic acid groups (broad SMARTS) is 1. The molecule has 0 aromatic rings. The van der Waals surface area contributed by atoms with Gasteiger partial charge < -0.3 is 86.6 Å². The van der Waals surface area contributed by atoms with E-state index in [-0.39, 0.29) is 84.1 Å². The molecule has 0 aromatic carbocycles. The molecule has 6 heterocycles. The summed E-state index contributed by atoms with van der Waals surface area (Å²) in [6.07, 6.45) is 3.12. The Kier molecular flexibility index (Phi) is 20.6. The number of aliphatic carboxylic acids is 1. The van der Waals surface area contributed by atoms with E-state index >= 15 is 0 Å². The molecule has 26 heteroatoms. The number of hydrogen-bond acceptors (Lipinski definition) is 22. The number of aliphatic imine (C=N–C) groups is 2. The Labute approximate surface area is 434 Å². The van der Waals surface area contributed by atoms with Crippen LogP contribution in [-0.2, 0) is 33.3 Å². The van der Waals surface area contributed by atoms with E-state index in [1.165, 1.54) is 6.26 Å². The maximum atomic E-state index is 14.8. The van der Waals surface area contributed by atoms with Crippen molar-refractivity contribution in [2.45, 2.75) is 117 Å². The van der Waals surface area contributed by atoms with Gasteiger partial charge in [0.1, 0.15) is 42.7 Å². The summed E-state index contributed by atoms with van der Waals surface area (Å²) in [5, 5.41) is 92.1. The largest absolute Gasteiger partial charge is 0.477 e. The molecule has 0 radical (unpaired) electrons. The van der Waals surface area contributed by atoms with Gasteiger partial charge in [-0.1, -0.05) is 67.5 Å². The zero-order valence-corrected chi connectivity index (χ0v) is 43.4. The molecule has 1 saturated carbocycles. The molecule has 2 fully saturated rings. The van der Waals surface area contributed by atoms with Crippen molar-refractivity contribution in [2.75, 3.05) is 57.6 Å². The van der Waals surface area contributed by atoms with Gasteiger partial charge in [0.25, 0.3) is 0 Å². The molecule has 1 unspecified atom stereocenters. The van der Waals surface area contributed by atoms with Gasteiger partial charge in [-0.15, -0.1) is 0 Å². The number of guanidine groups is 2. The fourth-order valence-electron chi connectivity index (χ4n) is 10.1. The Bertz CT molecular complexity index is 2110. The van der Waals surface area contributed by atoms with Crippen LogP contribution in [-0.4, -0.2) is 194 Å². The Morgan fingerprint density at radius 1 is 1.10 bits per heavy atom. The van der Waals surface area contributed by atoms with E-state index in [9.17, 15) is 50.4 Å². The summed E-state index contributed by atoms with van der Waals surface area (Å²) in [5.41, 5.74) is 13.0. The first-order chi connectivity index (χ1) is 34.6. The predicted molar refractivity (Wildman–Crippen MR) is 273 cm³/mol. The second-order valence-corrected chi connectivity index (χ2v) is 24.2. The molecule has 7 aliphatic rings. The Balaban J connectivity index is 1.42. The average molecular weight is 1090 g/mol. The van der Waals surface area contributed by atoms with Crippen molar-refractivity contribution in [2.24, 2.45) is 45.1 Å². The van der Waals surface area contributed by atoms with Gasteiger partial charge in [0.05, 0.1) is 48.0 Å². The first-order valence-corrected chi connectivity index (χ1v) is 29.0. The van der Waals surface area contributed by atoms with Crippen LogP contribution in [0.5, 0.6) is 0 Å². The van der Waals surface area contributed by atoms with Crippen molar-refractivity contribution in [3.05, 3.63) is 59.2 Å². The number of aliphatic hydroxyl groups excluding tert-OH is 5. The molecule has 6 aliphatic heterocycles. The number of fused-ring (bicyclic) bond motifs is 2. The summed E-state index contributed by atoms with van der Waals surface area (Å²) in [6, 6.07) is -0.658. The van der Waals surface area contributed by atoms with Crippen LogP contribution >= 0.6 is 43.2 Å². The Morgan fingerprint density at radius 2 is 1.90 bits per heavy atom. The number of aliphatic hydroxyl groups is 7. The van der Waals surface area contributed by atoms with Crippen LogP contribution in [0.2, 0.25) is 0 Å². The van der Waals surface area contributed by atoms with E-state index in [1.54, 1.807) is 75.4 Å². The number of carboxylic acids is 1. The van der Waals surface area contributed by atoms with Crippen LogP contribution in [0.3, 0.4) is 0 Å². The number of carbonyl (C=O) groups excluding carboxylic acids is 1. The average Bonchev–Trinajstić information content (AvgIpc) is 3.73. The number of ether oxygens (including phenoxy) is 5. The summed E-state index contributed by atoms with van der Waals surface area (Å²) in [7, 11) is 6.34. The maximum Gasteiger partial charge on any atom is 0.343 e. The summed E-state index contributed by atoms with van der Waals surface area (Å²) in [6.45, 7) is 2.67. The highest BCUT2D eigenvalue weighted by atomic mass is 33.1. The number of carbonyl (C=O) groups is 2. The van der Waals surface area contributed by atoms with Crippen LogP contribution in [0.15, 0.2) is 69.2 Å². The van der Waals surface area contributed by atoms with E-state index < -0.39 is 85.3 Å². The van der Waals surface area contributed by atoms with E-state index in [0.717, 1.165) is 0 Å². The van der Waals surface area contributed by atoms with Gasteiger partial charge in [-0.2, -0.15) is 0 Å². The van der Waals surface area contributed by atoms with Crippen LogP contribution in [0.25, 0.3) is 0 Å². The van der Waals surface area contributed by atoms with Crippen molar-refractivity contribution in [3.63, 3.8) is 0 Å². The van der Waals surface area contributed by atoms with Crippen LogP contribution in [0.1, 0.15) is 46.0 Å². The van der Waals surface area contributed by atoms with Crippen LogP contribution < -0.4 is 27.0 Å². The molecule has 1 aliphatic carbocycles. The van der Waals surface area contributed by atoms with Gasteiger partial charge in [0, 0.05) is 66.5 Å². The van der Waals surface area contributed by atoms with E-state index in [1.807, 2.05) is 12.2 Å². The normalized spacial score (nSPS) is 37.4. The molecule has 0 spiro atoms. The summed E-state index contributed by atoms with van der Waals surface area (Å²) in [5.74, 6) is -6.15. The third kappa shape index (κ3) is 13.5. The molecule has 0 amide bonds. The maximum absolute atomic E-state index is 14.8. The number of allylic oxidation sites excluding steroid dienone is 1. The van der Waals surface area contributed by atoms with Crippen LogP contribution in [0, 0.1) is 23.7 Å². The molecule has 15 N–H and O–H groups in total. The number of rotatable bonds is 14. The third-order valence-corrected chi connectivity index (χ3v) is 19.7. The zero-order chi connectivity index (χ0) is 51.7. The number of hydrogen-bond donors (Lipinski definition) is 13. The molecule has 15 atom stereocenters. The highest BCUT2D eigenvalue weighted by Crippen LogP contribution is 2.47. The summed E-state index contributed by atoms with van der Waals surface area (Å²) in [4.78, 5) is 37.5. The van der Waals surface area contributed by atoms with Crippen molar-refractivity contribution in [3.8, 4) is 0 Å². The fourth-order valence-corrected chi connectivity index (χ4v) is 16.9. The molecule has 0 aromatic heterocycles. The minimum Gasteiger partial charge on any atom is -0.477 e. The standard InChI is InChI=1S/C46H69N7O15S4/c1-23(2)65-39-43(67-34(20-57)38(58)46(39,62)63)68-42-28-5-3-14-69-71-35(15-26-10-12-50-44(47)51-26)37-32(19-56)53-16-24(36(29(17-53)40(59)60)52-45(48)49-11-4-13-54)6-8-27(28)30(21-64-42)41(61)66-33-9-7-25(18-55)31(33)22-70-72-37/h3,5-6,8,17,21,23,25-28,31-35,37-39,42-43,54-58,62-63H,4,7,9-16,18-20,22H2,1-2H3,(H,59,60)(H3,47,50,51)(H3,48,49,52)/p+1/b5-3+,8-6+/t25-,26-,27+,28-,31+,32+,33-,34-,35-,37-,38-,39+,42+,43+/m1/s1. The highest BCUT2D eigenvalue weighted by Gasteiger charge is 2.58. The van der Waals surface area contributed by atoms with Gasteiger partial charge in [-0.05, 0) is 51.9 Å². The number of nitrogens with one attached hydrogen (secondary N) is 3. The lowest BCUT2D eigenvalue weighted by Crippen LogP contribution is -3.14. The lowest BCUT2D eigenvalue weighted by Gasteiger charge is -2.48. The predicted octanol–water partition coefficient (Wildman–Crippen LogP) is -1.57. The van der Waals surface area contributed by atoms with Gasteiger partial charge in [0.15, 0.2) is 24.3 Å². The summed E-state index contributed by atoms with van der Waals surface area (Å²) < 4.78 is 31.1. The lowest BCUT2D eigenvalue weighted by molar-refractivity contribution is -0.870. The van der Waals surface area contributed by atoms with Crippen molar-refractivity contribution in [1.82, 2.24) is 10.6 Å². The second kappa shape index (κ2) is 26.1. The van der Waals surface area contributed by atoms with Crippen molar-refractivity contribution in [1.29, 1.82) is 0 Å². The van der Waals surface area contributed by atoms with Gasteiger partial charge in [-0.3, -0.25) is 14.9 Å². The monoisotopic (exact) mass is 1090 g/mol. The van der Waals surface area contributed by atoms with E-state index in [4.69, 9.17) is 35.2 Å². The van der Waals surface area contributed by atoms with Gasteiger partial charge in [-0.25, -0.2) is 9.59 Å². The molecule has 22 nitrogen and oxygen atoms in total. The third-order valence-electron chi connectivity index (χ3n) is 13.8. The minimum atomic E-state index is -2.97. The minimum absolute atomic E-state index is 0.0691. The molecular formula is C46H70N7O15S4+. The number of quaternary nitrogens is 1. The number of nitrogens with two attached hydrogens (primary N) is 2. The molecule has 7 rings (SSSR count). The molecular weight excluding hydrogens is 1020 g/mol. The van der Waals surface area contributed by atoms with Gasteiger partial charge in [0.2, 0.25) is 12.1 Å². The van der Waals surface area contributed by atoms with Gasteiger partial charge >= 0.3 is 11.9 Å². The van der Waals surface area contributed by atoms with Crippen LogP contribution in [0.4, 0.5) is 0 Å². The van der Waals surface area contributed by atoms with E-state index in [2.05, 4.69) is 20.6 Å². The van der Waals surface area contributed by atoms with E-state index in [0.29, 0.717) is 66.6 Å². The molecule has 402 valence electrons. The number of nitrogens with zero attached hydrogens (tertiary/aromatic N) is 2. The Morgan fingerprint density at radius 3 is 2.61 bits per heavy atom. The topological polar surface area (TPSA) is 347 Å².